The molecule has 2 aromatic rings. The lowest BCUT2D eigenvalue weighted by Gasteiger charge is -2.10. The van der Waals surface area contributed by atoms with Crippen LogP contribution in [0.2, 0.25) is 0 Å². The molecule has 0 radical (unpaired) electrons. The normalized spacial score (nSPS) is 12.4. The summed E-state index contributed by atoms with van der Waals surface area (Å²) in [5.41, 5.74) is 3.02. The SMILES string of the molecule is CCCC(O)c1ccc(-c2cncnc2)cc1. The average molecular weight is 228 g/mol. The van der Waals surface area contributed by atoms with Crippen molar-refractivity contribution in [3.63, 3.8) is 0 Å². The minimum atomic E-state index is -0.360. The van der Waals surface area contributed by atoms with E-state index in [1.54, 1.807) is 12.4 Å². The molecule has 1 heterocycles. The Kier molecular flexibility index (Phi) is 3.83. The first-order chi connectivity index (χ1) is 8.31. The maximum Gasteiger partial charge on any atom is 0.115 e. The number of benzene rings is 1. The maximum absolute atomic E-state index is 9.86. The highest BCUT2D eigenvalue weighted by Crippen LogP contribution is 2.22. The van der Waals surface area contributed by atoms with Crippen LogP contribution in [0.5, 0.6) is 0 Å². The van der Waals surface area contributed by atoms with Gasteiger partial charge in [0.25, 0.3) is 0 Å². The minimum absolute atomic E-state index is 0.360. The van der Waals surface area contributed by atoms with Crippen LogP contribution in [0.1, 0.15) is 31.4 Å². The molecule has 1 atom stereocenters. The van der Waals surface area contributed by atoms with Crippen LogP contribution in [0.25, 0.3) is 11.1 Å². The number of aromatic nitrogens is 2. The molecule has 0 aliphatic heterocycles. The van der Waals surface area contributed by atoms with Crippen molar-refractivity contribution in [3.05, 3.63) is 48.5 Å². The summed E-state index contributed by atoms with van der Waals surface area (Å²) in [6, 6.07) is 7.91. The van der Waals surface area contributed by atoms with Gasteiger partial charge in [0, 0.05) is 18.0 Å². The van der Waals surface area contributed by atoms with Gasteiger partial charge in [0.15, 0.2) is 0 Å². The molecular formula is C14H16N2O. The highest BCUT2D eigenvalue weighted by atomic mass is 16.3. The lowest BCUT2D eigenvalue weighted by atomic mass is 10.0. The molecule has 0 spiro atoms. The second kappa shape index (κ2) is 5.55. The van der Waals surface area contributed by atoms with Gasteiger partial charge in [-0.1, -0.05) is 37.6 Å². The molecule has 2 rings (SSSR count). The molecule has 3 heteroatoms. The van der Waals surface area contributed by atoms with Crippen LogP contribution in [0, 0.1) is 0 Å². The smallest absolute Gasteiger partial charge is 0.115 e. The van der Waals surface area contributed by atoms with E-state index >= 15 is 0 Å². The summed E-state index contributed by atoms with van der Waals surface area (Å²) in [6.45, 7) is 2.07. The highest BCUT2D eigenvalue weighted by molar-refractivity contribution is 5.61. The van der Waals surface area contributed by atoms with Crippen molar-refractivity contribution in [2.45, 2.75) is 25.9 Å². The van der Waals surface area contributed by atoms with Crippen molar-refractivity contribution in [2.24, 2.45) is 0 Å². The first-order valence-electron chi connectivity index (χ1n) is 5.84. The Hall–Kier alpha value is -1.74. The van der Waals surface area contributed by atoms with Crippen LogP contribution in [0.4, 0.5) is 0 Å². The van der Waals surface area contributed by atoms with Crippen LogP contribution in [0.3, 0.4) is 0 Å². The predicted molar refractivity (Wildman–Crippen MR) is 67.3 cm³/mol. The molecule has 1 aromatic heterocycles. The van der Waals surface area contributed by atoms with Crippen LogP contribution in [-0.4, -0.2) is 15.1 Å². The second-order valence-corrected chi connectivity index (χ2v) is 4.05. The lowest BCUT2D eigenvalue weighted by Crippen LogP contribution is -1.96. The van der Waals surface area contributed by atoms with E-state index in [9.17, 15) is 5.11 Å². The molecule has 88 valence electrons. The Morgan fingerprint density at radius 3 is 2.29 bits per heavy atom. The zero-order valence-corrected chi connectivity index (χ0v) is 9.87. The van der Waals surface area contributed by atoms with Crippen LogP contribution >= 0.6 is 0 Å². The zero-order chi connectivity index (χ0) is 12.1. The van der Waals surface area contributed by atoms with Gasteiger partial charge in [0.2, 0.25) is 0 Å². The lowest BCUT2D eigenvalue weighted by molar-refractivity contribution is 0.166. The number of aliphatic hydroxyl groups excluding tert-OH is 1. The van der Waals surface area contributed by atoms with Gasteiger partial charge < -0.3 is 5.11 Å². The summed E-state index contributed by atoms with van der Waals surface area (Å²) < 4.78 is 0. The van der Waals surface area contributed by atoms with Gasteiger partial charge in [-0.3, -0.25) is 0 Å². The van der Waals surface area contributed by atoms with Gasteiger partial charge in [-0.15, -0.1) is 0 Å². The summed E-state index contributed by atoms with van der Waals surface area (Å²) in [7, 11) is 0. The zero-order valence-electron chi connectivity index (χ0n) is 9.87. The van der Waals surface area contributed by atoms with Gasteiger partial charge in [0.05, 0.1) is 6.10 Å². The third kappa shape index (κ3) is 2.88. The topological polar surface area (TPSA) is 46.0 Å². The molecule has 0 saturated carbocycles. The van der Waals surface area contributed by atoms with Gasteiger partial charge >= 0.3 is 0 Å². The van der Waals surface area contributed by atoms with E-state index in [0.717, 1.165) is 29.5 Å². The fourth-order valence-corrected chi connectivity index (χ4v) is 1.79. The summed E-state index contributed by atoms with van der Waals surface area (Å²) in [5.74, 6) is 0. The van der Waals surface area contributed by atoms with E-state index < -0.39 is 0 Å². The van der Waals surface area contributed by atoms with E-state index in [-0.39, 0.29) is 6.10 Å². The molecule has 3 nitrogen and oxygen atoms in total. The fourth-order valence-electron chi connectivity index (χ4n) is 1.79. The largest absolute Gasteiger partial charge is 0.388 e. The molecular weight excluding hydrogens is 212 g/mol. The minimum Gasteiger partial charge on any atom is -0.388 e. The van der Waals surface area contributed by atoms with E-state index in [1.165, 1.54) is 6.33 Å². The van der Waals surface area contributed by atoms with Crippen molar-refractivity contribution in [2.75, 3.05) is 0 Å². The molecule has 1 N–H and O–H groups in total. The summed E-state index contributed by atoms with van der Waals surface area (Å²) in [4.78, 5) is 7.98. The van der Waals surface area contributed by atoms with Crippen molar-refractivity contribution in [1.29, 1.82) is 0 Å². The number of aliphatic hydroxyl groups is 1. The summed E-state index contributed by atoms with van der Waals surface area (Å²) in [6.07, 6.45) is 6.50. The van der Waals surface area contributed by atoms with Crippen LogP contribution < -0.4 is 0 Å². The van der Waals surface area contributed by atoms with Crippen LogP contribution in [-0.2, 0) is 0 Å². The van der Waals surface area contributed by atoms with Gasteiger partial charge in [-0.25, -0.2) is 9.97 Å². The molecule has 0 aliphatic carbocycles. The standard InChI is InChI=1S/C14H16N2O/c1-2-3-14(17)12-6-4-11(5-7-12)13-8-15-10-16-9-13/h4-10,14,17H,2-3H2,1H3. The quantitative estimate of drug-likeness (QED) is 0.875. The molecule has 0 amide bonds. The number of hydrogen-bond acceptors (Lipinski definition) is 3. The molecule has 17 heavy (non-hydrogen) atoms. The van der Waals surface area contributed by atoms with Crippen LogP contribution in [0.15, 0.2) is 43.0 Å². The maximum atomic E-state index is 9.86. The number of nitrogens with zero attached hydrogens (tertiary/aromatic N) is 2. The van der Waals surface area contributed by atoms with E-state index in [2.05, 4.69) is 16.9 Å². The van der Waals surface area contributed by atoms with Crippen molar-refractivity contribution in [3.8, 4) is 11.1 Å². The number of rotatable bonds is 4. The average Bonchev–Trinajstić information content (AvgIpc) is 2.40. The molecule has 0 fully saturated rings. The first kappa shape index (κ1) is 11.7. The van der Waals surface area contributed by atoms with Gasteiger partial charge in [-0.05, 0) is 17.5 Å². The van der Waals surface area contributed by atoms with E-state index in [0.29, 0.717) is 0 Å². The van der Waals surface area contributed by atoms with Crippen molar-refractivity contribution < 1.29 is 5.11 Å². The Morgan fingerprint density at radius 2 is 1.71 bits per heavy atom. The van der Waals surface area contributed by atoms with E-state index in [4.69, 9.17) is 0 Å². The summed E-state index contributed by atoms with van der Waals surface area (Å²) >= 11 is 0. The molecule has 0 saturated heterocycles. The highest BCUT2D eigenvalue weighted by Gasteiger charge is 2.06. The number of hydrogen-bond donors (Lipinski definition) is 1. The molecule has 1 unspecified atom stereocenters. The van der Waals surface area contributed by atoms with Gasteiger partial charge in [-0.2, -0.15) is 0 Å². The monoisotopic (exact) mass is 228 g/mol. The Morgan fingerprint density at radius 1 is 1.06 bits per heavy atom. The first-order valence-corrected chi connectivity index (χ1v) is 5.84. The van der Waals surface area contributed by atoms with Crippen molar-refractivity contribution >= 4 is 0 Å². The third-order valence-corrected chi connectivity index (χ3v) is 2.75. The molecule has 1 aromatic carbocycles. The van der Waals surface area contributed by atoms with Gasteiger partial charge in [0.1, 0.15) is 6.33 Å². The predicted octanol–water partition coefficient (Wildman–Crippen LogP) is 2.98. The Balaban J connectivity index is 2.19. The Bertz CT molecular complexity index is 453. The van der Waals surface area contributed by atoms with Crippen molar-refractivity contribution in [1.82, 2.24) is 9.97 Å². The molecule has 0 bridgehead atoms. The molecule has 0 aliphatic rings. The Labute approximate surface area is 101 Å². The summed E-state index contributed by atoms with van der Waals surface area (Å²) in [5, 5.41) is 9.86. The third-order valence-electron chi connectivity index (χ3n) is 2.75. The second-order valence-electron chi connectivity index (χ2n) is 4.05. The van der Waals surface area contributed by atoms with E-state index in [1.807, 2.05) is 24.3 Å². The fraction of sp³-hybridized carbons (Fsp3) is 0.286.